The lowest BCUT2D eigenvalue weighted by atomic mass is 10.1. The summed E-state index contributed by atoms with van der Waals surface area (Å²) in [6, 6.07) is 17.1. The minimum atomic E-state index is -0.186. The van der Waals surface area contributed by atoms with Crippen LogP contribution in [0.5, 0.6) is 5.75 Å². The Kier molecular flexibility index (Phi) is 8.88. The standard InChI is InChI=1S/C25H28ClN3O3S/c1-17(13-22-5-4-12-33-22)29(15-19-6-8-20(26)9-7-19)16-25(31)28-23-14-21(27-18(2)30)10-11-24(23)32-3/h4-12,14,17H,13,15-16H2,1-3H3,(H,27,30)(H,28,31). The van der Waals surface area contributed by atoms with Gasteiger partial charge in [0.25, 0.3) is 0 Å². The Morgan fingerprint density at radius 2 is 1.88 bits per heavy atom. The van der Waals surface area contributed by atoms with Gasteiger partial charge in [0.1, 0.15) is 5.75 Å². The molecule has 0 aliphatic rings. The van der Waals surface area contributed by atoms with Gasteiger partial charge >= 0.3 is 0 Å². The molecular weight excluding hydrogens is 458 g/mol. The van der Waals surface area contributed by atoms with Crippen LogP contribution in [0.1, 0.15) is 24.3 Å². The van der Waals surface area contributed by atoms with Gasteiger partial charge in [-0.3, -0.25) is 14.5 Å². The fraction of sp³-hybridized carbons (Fsp3) is 0.280. The number of carbonyl (C=O) groups is 2. The summed E-state index contributed by atoms with van der Waals surface area (Å²) < 4.78 is 5.38. The van der Waals surface area contributed by atoms with Gasteiger partial charge in [-0.2, -0.15) is 0 Å². The molecule has 1 unspecified atom stereocenters. The van der Waals surface area contributed by atoms with E-state index in [1.807, 2.05) is 30.3 Å². The molecule has 3 rings (SSSR count). The predicted molar refractivity (Wildman–Crippen MR) is 135 cm³/mol. The van der Waals surface area contributed by atoms with Crippen molar-refractivity contribution in [3.63, 3.8) is 0 Å². The number of carbonyl (C=O) groups excluding carboxylic acids is 2. The maximum Gasteiger partial charge on any atom is 0.238 e. The first kappa shape index (κ1) is 24.8. The highest BCUT2D eigenvalue weighted by atomic mass is 35.5. The molecule has 1 atom stereocenters. The summed E-state index contributed by atoms with van der Waals surface area (Å²) in [5.41, 5.74) is 2.17. The van der Waals surface area contributed by atoms with E-state index in [0.29, 0.717) is 28.7 Å². The molecule has 2 aromatic carbocycles. The third-order valence-electron chi connectivity index (χ3n) is 5.14. The number of amides is 2. The lowest BCUT2D eigenvalue weighted by Crippen LogP contribution is -2.40. The predicted octanol–water partition coefficient (Wildman–Crippen LogP) is 5.44. The summed E-state index contributed by atoms with van der Waals surface area (Å²) in [4.78, 5) is 27.9. The number of hydrogen-bond donors (Lipinski definition) is 2. The van der Waals surface area contributed by atoms with Gasteiger partial charge in [0.15, 0.2) is 0 Å². The van der Waals surface area contributed by atoms with E-state index in [2.05, 4.69) is 33.9 Å². The zero-order valence-electron chi connectivity index (χ0n) is 18.9. The Hall–Kier alpha value is -2.87. The van der Waals surface area contributed by atoms with Gasteiger partial charge in [0.2, 0.25) is 11.8 Å². The second-order valence-electron chi connectivity index (χ2n) is 7.81. The van der Waals surface area contributed by atoms with Gasteiger partial charge in [-0.05, 0) is 60.7 Å². The van der Waals surface area contributed by atoms with Crippen LogP contribution in [0.15, 0.2) is 60.0 Å². The number of anilines is 2. The summed E-state index contributed by atoms with van der Waals surface area (Å²) >= 11 is 7.75. The Morgan fingerprint density at radius 3 is 2.52 bits per heavy atom. The number of halogens is 1. The molecule has 0 fully saturated rings. The first-order chi connectivity index (χ1) is 15.8. The highest BCUT2D eigenvalue weighted by molar-refractivity contribution is 7.09. The zero-order chi connectivity index (χ0) is 23.8. The number of thiophene rings is 1. The molecule has 3 aromatic rings. The largest absolute Gasteiger partial charge is 0.495 e. The van der Waals surface area contributed by atoms with Crippen LogP contribution < -0.4 is 15.4 Å². The SMILES string of the molecule is COc1ccc(NC(C)=O)cc1NC(=O)CN(Cc1ccc(Cl)cc1)C(C)Cc1cccs1. The number of benzene rings is 2. The topological polar surface area (TPSA) is 70.7 Å². The molecule has 0 spiro atoms. The molecule has 0 saturated carbocycles. The van der Waals surface area contributed by atoms with E-state index in [1.54, 1.807) is 36.6 Å². The Morgan fingerprint density at radius 1 is 1.12 bits per heavy atom. The average Bonchev–Trinajstić information content (AvgIpc) is 3.27. The highest BCUT2D eigenvalue weighted by Crippen LogP contribution is 2.28. The van der Waals surface area contributed by atoms with Crippen LogP contribution in [-0.2, 0) is 22.6 Å². The van der Waals surface area contributed by atoms with Crippen LogP contribution in [0.25, 0.3) is 0 Å². The number of rotatable bonds is 10. The maximum absolute atomic E-state index is 13.1. The Labute approximate surface area is 203 Å². The molecule has 174 valence electrons. The number of nitrogens with zero attached hydrogens (tertiary/aromatic N) is 1. The molecular formula is C25H28ClN3O3S. The number of ether oxygens (including phenoxy) is 1. The monoisotopic (exact) mass is 485 g/mol. The smallest absolute Gasteiger partial charge is 0.238 e. The van der Waals surface area contributed by atoms with Crippen LogP contribution in [-0.4, -0.2) is 36.4 Å². The third kappa shape index (κ3) is 7.60. The molecule has 0 bridgehead atoms. The van der Waals surface area contributed by atoms with E-state index in [-0.39, 0.29) is 24.4 Å². The Bertz CT molecular complexity index is 1070. The first-order valence-electron chi connectivity index (χ1n) is 10.6. The lowest BCUT2D eigenvalue weighted by molar-refractivity contribution is -0.118. The number of hydrogen-bond acceptors (Lipinski definition) is 5. The van der Waals surface area contributed by atoms with Gasteiger partial charge in [0, 0.05) is 35.1 Å². The number of nitrogens with one attached hydrogen (secondary N) is 2. The minimum Gasteiger partial charge on any atom is -0.495 e. The van der Waals surface area contributed by atoms with Crippen molar-refractivity contribution < 1.29 is 14.3 Å². The van der Waals surface area contributed by atoms with Gasteiger partial charge in [-0.15, -0.1) is 11.3 Å². The zero-order valence-corrected chi connectivity index (χ0v) is 20.5. The molecule has 0 radical (unpaired) electrons. The Balaban J connectivity index is 1.76. The van der Waals surface area contributed by atoms with Crippen molar-refractivity contribution in [3.05, 3.63) is 75.4 Å². The molecule has 1 aromatic heterocycles. The molecule has 33 heavy (non-hydrogen) atoms. The molecule has 8 heteroatoms. The quantitative estimate of drug-likeness (QED) is 0.401. The van der Waals surface area contributed by atoms with E-state index in [0.717, 1.165) is 12.0 Å². The van der Waals surface area contributed by atoms with E-state index >= 15 is 0 Å². The molecule has 6 nitrogen and oxygen atoms in total. The van der Waals surface area contributed by atoms with Crippen molar-refractivity contribution in [1.29, 1.82) is 0 Å². The van der Waals surface area contributed by atoms with Crippen molar-refractivity contribution in [2.45, 2.75) is 32.9 Å². The normalized spacial score (nSPS) is 11.8. The summed E-state index contributed by atoms with van der Waals surface area (Å²) in [5, 5.41) is 8.41. The van der Waals surface area contributed by atoms with E-state index in [9.17, 15) is 9.59 Å². The number of methoxy groups -OCH3 is 1. The molecule has 0 aliphatic carbocycles. The van der Waals surface area contributed by atoms with Gasteiger partial charge in [-0.1, -0.05) is 29.8 Å². The van der Waals surface area contributed by atoms with Crippen molar-refractivity contribution in [2.24, 2.45) is 0 Å². The van der Waals surface area contributed by atoms with Crippen LogP contribution in [0.2, 0.25) is 5.02 Å². The van der Waals surface area contributed by atoms with Crippen LogP contribution >= 0.6 is 22.9 Å². The van der Waals surface area contributed by atoms with Gasteiger partial charge < -0.3 is 15.4 Å². The van der Waals surface area contributed by atoms with Crippen molar-refractivity contribution in [1.82, 2.24) is 4.90 Å². The fourth-order valence-corrected chi connectivity index (χ4v) is 4.45. The van der Waals surface area contributed by atoms with Crippen molar-refractivity contribution in [2.75, 3.05) is 24.3 Å². The van der Waals surface area contributed by atoms with E-state index in [4.69, 9.17) is 16.3 Å². The molecule has 0 aliphatic heterocycles. The van der Waals surface area contributed by atoms with Crippen LogP contribution in [0.4, 0.5) is 11.4 Å². The maximum atomic E-state index is 13.1. The van der Waals surface area contributed by atoms with Crippen LogP contribution in [0, 0.1) is 0 Å². The molecule has 2 amide bonds. The summed E-state index contributed by atoms with van der Waals surface area (Å²) in [6.45, 7) is 4.37. The first-order valence-corrected chi connectivity index (χ1v) is 11.9. The van der Waals surface area contributed by atoms with Crippen molar-refractivity contribution in [3.8, 4) is 5.75 Å². The third-order valence-corrected chi connectivity index (χ3v) is 6.29. The lowest BCUT2D eigenvalue weighted by Gasteiger charge is -2.28. The minimum absolute atomic E-state index is 0.137. The summed E-state index contributed by atoms with van der Waals surface area (Å²) in [7, 11) is 1.54. The van der Waals surface area contributed by atoms with E-state index < -0.39 is 0 Å². The highest BCUT2D eigenvalue weighted by Gasteiger charge is 2.20. The van der Waals surface area contributed by atoms with Gasteiger partial charge in [-0.25, -0.2) is 0 Å². The summed E-state index contributed by atoms with van der Waals surface area (Å²) in [5.74, 6) is 0.169. The van der Waals surface area contributed by atoms with Crippen molar-refractivity contribution >= 4 is 46.1 Å². The second-order valence-corrected chi connectivity index (χ2v) is 9.28. The second kappa shape index (κ2) is 11.8. The fourth-order valence-electron chi connectivity index (χ4n) is 3.50. The van der Waals surface area contributed by atoms with Gasteiger partial charge in [0.05, 0.1) is 19.3 Å². The summed E-state index contributed by atoms with van der Waals surface area (Å²) in [6.07, 6.45) is 0.847. The van der Waals surface area contributed by atoms with E-state index in [1.165, 1.54) is 11.8 Å². The molecule has 2 N–H and O–H groups in total. The molecule has 0 saturated heterocycles. The average molecular weight is 486 g/mol. The van der Waals surface area contributed by atoms with Crippen LogP contribution in [0.3, 0.4) is 0 Å². The molecule has 1 heterocycles.